The Labute approximate surface area is 74.3 Å². The van der Waals surface area contributed by atoms with Crippen molar-refractivity contribution >= 4 is 23.7 Å². The molecule has 0 fully saturated rings. The lowest BCUT2D eigenvalue weighted by molar-refractivity contribution is -0.123. The van der Waals surface area contributed by atoms with Crippen LogP contribution in [0.3, 0.4) is 0 Å². The molecular formula is C6H5N4OS-. The van der Waals surface area contributed by atoms with E-state index in [4.69, 9.17) is 12.6 Å². The molecule has 0 bridgehead atoms. The molecule has 1 amide bonds. The van der Waals surface area contributed by atoms with Crippen LogP contribution in [-0.4, -0.2) is 29.2 Å². The zero-order chi connectivity index (χ0) is 8.72. The Morgan fingerprint density at radius 3 is 3.17 bits per heavy atom. The smallest absolute Gasteiger partial charge is 0.259 e. The topological polar surface area (TPSA) is 57.4 Å². The van der Waals surface area contributed by atoms with E-state index in [-0.39, 0.29) is 11.1 Å². The van der Waals surface area contributed by atoms with Gasteiger partial charge in [0, 0.05) is 7.05 Å². The van der Waals surface area contributed by atoms with E-state index < -0.39 is 6.17 Å². The third-order valence-electron chi connectivity index (χ3n) is 1.72. The van der Waals surface area contributed by atoms with Gasteiger partial charge in [-0.3, -0.25) is 9.79 Å². The third-order valence-corrected chi connectivity index (χ3v) is 2.10. The van der Waals surface area contributed by atoms with E-state index in [2.05, 4.69) is 15.2 Å². The first-order chi connectivity index (χ1) is 5.70. The Kier molecular flexibility index (Phi) is 1.44. The monoisotopic (exact) mass is 181 g/mol. The van der Waals surface area contributed by atoms with E-state index in [1.807, 2.05) is 0 Å². The molecular weight excluding hydrogens is 176 g/mol. The molecule has 2 heterocycles. The number of amides is 1. The standard InChI is InChI=1S/C6H6N4OS/c1-10-5(11)3-2-7-9-4(3)8-6(10)12/h2,4H,1H3,(H,8,12)/p-1. The van der Waals surface area contributed by atoms with Gasteiger partial charge in [0.2, 0.25) is 0 Å². The third kappa shape index (κ3) is 0.845. The molecule has 0 saturated heterocycles. The molecule has 0 N–H and O–H groups in total. The van der Waals surface area contributed by atoms with Crippen LogP contribution < -0.4 is 0 Å². The number of amidine groups is 1. The highest BCUT2D eigenvalue weighted by Crippen LogP contribution is 2.22. The van der Waals surface area contributed by atoms with Gasteiger partial charge in [0.1, 0.15) is 0 Å². The molecule has 2 aliphatic rings. The number of carbonyl (C=O) groups excluding carboxylic acids is 1. The normalized spacial score (nSPS) is 26.9. The van der Waals surface area contributed by atoms with E-state index in [1.54, 1.807) is 7.05 Å². The van der Waals surface area contributed by atoms with Crippen molar-refractivity contribution < 1.29 is 4.79 Å². The van der Waals surface area contributed by atoms with Crippen molar-refractivity contribution in [3.8, 4) is 0 Å². The average Bonchev–Trinajstić information content (AvgIpc) is 2.48. The molecule has 2 aliphatic heterocycles. The first-order valence-corrected chi connectivity index (χ1v) is 3.74. The SMILES string of the molecule is CN1C(=O)C2=CN=NC2N=C1[S-]. The van der Waals surface area contributed by atoms with Crippen molar-refractivity contribution in [2.75, 3.05) is 7.05 Å². The van der Waals surface area contributed by atoms with Gasteiger partial charge >= 0.3 is 0 Å². The van der Waals surface area contributed by atoms with Gasteiger partial charge < -0.3 is 17.5 Å². The van der Waals surface area contributed by atoms with Gasteiger partial charge in [-0.1, -0.05) is 0 Å². The fraction of sp³-hybridized carbons (Fsp3) is 0.333. The van der Waals surface area contributed by atoms with Crippen LogP contribution >= 0.6 is 0 Å². The van der Waals surface area contributed by atoms with Crippen LogP contribution in [0.15, 0.2) is 27.0 Å². The van der Waals surface area contributed by atoms with Crippen LogP contribution in [0.25, 0.3) is 0 Å². The number of aliphatic imine (C=N–C) groups is 1. The van der Waals surface area contributed by atoms with E-state index in [0.29, 0.717) is 5.57 Å². The highest BCUT2D eigenvalue weighted by Gasteiger charge is 2.29. The minimum atomic E-state index is -0.485. The van der Waals surface area contributed by atoms with Crippen molar-refractivity contribution in [3.05, 3.63) is 11.8 Å². The van der Waals surface area contributed by atoms with Crippen molar-refractivity contribution in [2.45, 2.75) is 6.17 Å². The first kappa shape index (κ1) is 7.35. The molecule has 5 nitrogen and oxygen atoms in total. The van der Waals surface area contributed by atoms with Gasteiger partial charge in [0.15, 0.2) is 6.17 Å². The summed E-state index contributed by atoms with van der Waals surface area (Å²) < 4.78 is 0. The molecule has 0 spiro atoms. The lowest BCUT2D eigenvalue weighted by Gasteiger charge is -2.30. The predicted octanol–water partition coefficient (Wildman–Crippen LogP) is 0.0371. The number of hydrogen-bond acceptors (Lipinski definition) is 5. The quantitative estimate of drug-likeness (QED) is 0.495. The number of likely N-dealkylation sites (N-methyl/N-ethyl adjacent to an activating group) is 1. The lowest BCUT2D eigenvalue weighted by atomic mass is 10.2. The molecule has 12 heavy (non-hydrogen) atoms. The summed E-state index contributed by atoms with van der Waals surface area (Å²) in [6, 6.07) is 0. The number of carbonyl (C=O) groups is 1. The Morgan fingerprint density at radius 1 is 1.67 bits per heavy atom. The summed E-state index contributed by atoms with van der Waals surface area (Å²) in [6.07, 6.45) is 0.940. The molecule has 1 atom stereocenters. The first-order valence-electron chi connectivity index (χ1n) is 3.33. The number of azo groups is 1. The molecule has 0 aromatic carbocycles. The zero-order valence-corrected chi connectivity index (χ0v) is 7.08. The van der Waals surface area contributed by atoms with Crippen molar-refractivity contribution in [1.29, 1.82) is 0 Å². The van der Waals surface area contributed by atoms with Gasteiger partial charge in [-0.15, -0.1) is 0 Å². The van der Waals surface area contributed by atoms with Crippen LogP contribution in [-0.2, 0) is 17.4 Å². The molecule has 0 aromatic rings. The number of nitrogens with zero attached hydrogens (tertiary/aromatic N) is 4. The van der Waals surface area contributed by atoms with E-state index in [0.717, 1.165) is 0 Å². The average molecular weight is 181 g/mol. The Bertz CT molecular complexity index is 332. The Morgan fingerprint density at radius 2 is 2.42 bits per heavy atom. The Hall–Kier alpha value is -1.30. The summed E-state index contributed by atoms with van der Waals surface area (Å²) in [5.41, 5.74) is 0.492. The predicted molar refractivity (Wildman–Crippen MR) is 44.3 cm³/mol. The van der Waals surface area contributed by atoms with Crippen molar-refractivity contribution in [2.24, 2.45) is 15.2 Å². The van der Waals surface area contributed by atoms with E-state index >= 15 is 0 Å². The second-order valence-corrected chi connectivity index (χ2v) is 2.83. The van der Waals surface area contributed by atoms with Crippen LogP contribution in [0.1, 0.15) is 0 Å². The van der Waals surface area contributed by atoms with Gasteiger partial charge in [0.05, 0.1) is 11.8 Å². The minimum Gasteiger partial charge on any atom is -0.742 e. The van der Waals surface area contributed by atoms with E-state index in [1.165, 1.54) is 11.1 Å². The van der Waals surface area contributed by atoms with Crippen molar-refractivity contribution in [3.63, 3.8) is 0 Å². The molecule has 6 heteroatoms. The molecule has 1 unspecified atom stereocenters. The maximum absolute atomic E-state index is 11.4. The van der Waals surface area contributed by atoms with Crippen molar-refractivity contribution in [1.82, 2.24) is 4.90 Å². The van der Waals surface area contributed by atoms with Crippen LogP contribution in [0.5, 0.6) is 0 Å². The van der Waals surface area contributed by atoms with Crippen LogP contribution in [0.2, 0.25) is 0 Å². The summed E-state index contributed by atoms with van der Waals surface area (Å²) in [4.78, 5) is 16.7. The Balaban J connectivity index is 2.45. The van der Waals surface area contributed by atoms with E-state index in [9.17, 15) is 4.79 Å². The summed E-state index contributed by atoms with van der Waals surface area (Å²) in [5, 5.41) is 7.60. The fourth-order valence-corrected chi connectivity index (χ4v) is 1.20. The molecule has 0 radical (unpaired) electrons. The largest absolute Gasteiger partial charge is 0.742 e. The minimum absolute atomic E-state index is 0.162. The molecule has 62 valence electrons. The van der Waals surface area contributed by atoms with Crippen LogP contribution in [0.4, 0.5) is 0 Å². The summed E-state index contributed by atoms with van der Waals surface area (Å²) >= 11 is 4.84. The fourth-order valence-electron chi connectivity index (χ4n) is 1.02. The maximum Gasteiger partial charge on any atom is 0.259 e. The maximum atomic E-state index is 11.4. The lowest BCUT2D eigenvalue weighted by Crippen LogP contribution is -2.39. The second-order valence-electron chi connectivity index (χ2n) is 2.46. The second kappa shape index (κ2) is 2.34. The van der Waals surface area contributed by atoms with Gasteiger partial charge in [-0.2, -0.15) is 10.2 Å². The summed E-state index contributed by atoms with van der Waals surface area (Å²) in [7, 11) is 1.59. The highest BCUT2D eigenvalue weighted by molar-refractivity contribution is 7.77. The van der Waals surface area contributed by atoms with Gasteiger partial charge in [-0.25, -0.2) is 0 Å². The zero-order valence-electron chi connectivity index (χ0n) is 6.26. The number of hydrogen-bond donors (Lipinski definition) is 0. The van der Waals surface area contributed by atoms with Gasteiger partial charge in [0.25, 0.3) is 5.91 Å². The number of rotatable bonds is 0. The summed E-state index contributed by atoms with van der Waals surface area (Å²) in [6.45, 7) is 0. The summed E-state index contributed by atoms with van der Waals surface area (Å²) in [5.74, 6) is -0.162. The molecule has 0 aromatic heterocycles. The molecule has 0 saturated carbocycles. The molecule has 0 aliphatic carbocycles. The highest BCUT2D eigenvalue weighted by atomic mass is 32.1. The van der Waals surface area contributed by atoms with Crippen LogP contribution in [0, 0.1) is 0 Å². The molecule has 2 rings (SSSR count). The number of fused-ring (bicyclic) bond motifs is 1. The van der Waals surface area contributed by atoms with Gasteiger partial charge in [-0.05, 0) is 5.17 Å².